The third-order valence-corrected chi connectivity index (χ3v) is 4.36. The van der Waals surface area contributed by atoms with Crippen LogP contribution < -0.4 is 5.73 Å². The van der Waals surface area contributed by atoms with Crippen LogP contribution in [0.25, 0.3) is 0 Å². The lowest BCUT2D eigenvalue weighted by Crippen LogP contribution is -2.09. The maximum atomic E-state index is 5.83. The summed E-state index contributed by atoms with van der Waals surface area (Å²) < 4.78 is 2.07. The van der Waals surface area contributed by atoms with Crippen molar-refractivity contribution < 1.29 is 0 Å². The first kappa shape index (κ1) is 17.7. The zero-order valence-electron chi connectivity index (χ0n) is 14.6. The van der Waals surface area contributed by atoms with Gasteiger partial charge in [-0.1, -0.05) is 67.6 Å². The molecule has 0 radical (unpaired) electrons. The first-order chi connectivity index (χ1) is 11.2. The lowest BCUT2D eigenvalue weighted by atomic mass is 10.1. The lowest BCUT2D eigenvalue weighted by Gasteiger charge is -2.08. The Morgan fingerprint density at radius 1 is 1.00 bits per heavy atom. The molecule has 0 saturated heterocycles. The van der Waals surface area contributed by atoms with Crippen LogP contribution in [0.4, 0.5) is 0 Å². The molecule has 0 aliphatic carbocycles. The van der Waals surface area contributed by atoms with Crippen molar-refractivity contribution in [2.45, 2.75) is 71.9 Å². The van der Waals surface area contributed by atoms with Crippen molar-refractivity contribution in [3.8, 4) is 0 Å². The summed E-state index contributed by atoms with van der Waals surface area (Å²) in [6.45, 7) is 5.79. The van der Waals surface area contributed by atoms with Crippen molar-refractivity contribution in [1.82, 2.24) is 15.0 Å². The topological polar surface area (TPSA) is 56.7 Å². The SMILES string of the molecule is CCCCCCCn1nnc(CN)c1CCc1ccc(C)cc1. The average molecular weight is 314 g/mol. The minimum Gasteiger partial charge on any atom is -0.325 e. The molecule has 23 heavy (non-hydrogen) atoms. The molecule has 4 nitrogen and oxygen atoms in total. The highest BCUT2D eigenvalue weighted by Gasteiger charge is 2.11. The number of nitrogens with zero attached hydrogens (tertiary/aromatic N) is 3. The van der Waals surface area contributed by atoms with E-state index in [1.165, 1.54) is 48.9 Å². The predicted octanol–water partition coefficient (Wildman–Crippen LogP) is 3.80. The summed E-state index contributed by atoms with van der Waals surface area (Å²) in [4.78, 5) is 0. The number of rotatable bonds is 10. The van der Waals surface area contributed by atoms with Crippen LogP contribution in [0.1, 0.15) is 61.5 Å². The molecule has 0 fully saturated rings. The van der Waals surface area contributed by atoms with E-state index in [2.05, 4.69) is 53.1 Å². The minimum absolute atomic E-state index is 0.471. The van der Waals surface area contributed by atoms with E-state index in [1.54, 1.807) is 0 Å². The zero-order chi connectivity index (χ0) is 16.5. The summed E-state index contributed by atoms with van der Waals surface area (Å²) >= 11 is 0. The molecular weight excluding hydrogens is 284 g/mol. The van der Waals surface area contributed by atoms with Crippen molar-refractivity contribution in [1.29, 1.82) is 0 Å². The minimum atomic E-state index is 0.471. The van der Waals surface area contributed by atoms with Crippen LogP contribution >= 0.6 is 0 Å². The smallest absolute Gasteiger partial charge is 0.0994 e. The van der Waals surface area contributed by atoms with Crippen LogP contribution in [0.2, 0.25) is 0 Å². The Morgan fingerprint density at radius 3 is 2.43 bits per heavy atom. The molecule has 1 aromatic carbocycles. The highest BCUT2D eigenvalue weighted by Crippen LogP contribution is 2.13. The van der Waals surface area contributed by atoms with Crippen LogP contribution in [-0.2, 0) is 25.9 Å². The molecule has 126 valence electrons. The molecule has 2 aromatic rings. The van der Waals surface area contributed by atoms with Crippen molar-refractivity contribution in [3.63, 3.8) is 0 Å². The fourth-order valence-corrected chi connectivity index (χ4v) is 2.86. The van der Waals surface area contributed by atoms with Gasteiger partial charge in [-0.05, 0) is 31.7 Å². The second kappa shape index (κ2) is 9.46. The molecular formula is C19H30N4. The number of benzene rings is 1. The van der Waals surface area contributed by atoms with Gasteiger partial charge in [-0.3, -0.25) is 0 Å². The lowest BCUT2D eigenvalue weighted by molar-refractivity contribution is 0.506. The van der Waals surface area contributed by atoms with Crippen LogP contribution in [0.15, 0.2) is 24.3 Å². The Morgan fingerprint density at radius 2 is 1.74 bits per heavy atom. The zero-order valence-corrected chi connectivity index (χ0v) is 14.6. The largest absolute Gasteiger partial charge is 0.325 e. The van der Waals surface area contributed by atoms with E-state index in [0.717, 1.165) is 25.1 Å². The van der Waals surface area contributed by atoms with Gasteiger partial charge in [0.1, 0.15) is 0 Å². The number of hydrogen-bond donors (Lipinski definition) is 1. The van der Waals surface area contributed by atoms with Crippen molar-refractivity contribution in [2.75, 3.05) is 0 Å². The van der Waals surface area contributed by atoms with Gasteiger partial charge in [-0.2, -0.15) is 0 Å². The molecule has 0 aliphatic heterocycles. The Balaban J connectivity index is 1.93. The first-order valence-corrected chi connectivity index (χ1v) is 8.91. The predicted molar refractivity (Wildman–Crippen MR) is 95.3 cm³/mol. The van der Waals surface area contributed by atoms with Gasteiger partial charge in [-0.15, -0.1) is 5.10 Å². The van der Waals surface area contributed by atoms with Gasteiger partial charge in [-0.25, -0.2) is 4.68 Å². The molecule has 0 aliphatic rings. The van der Waals surface area contributed by atoms with E-state index in [4.69, 9.17) is 5.73 Å². The summed E-state index contributed by atoms with van der Waals surface area (Å²) in [5, 5.41) is 8.58. The summed E-state index contributed by atoms with van der Waals surface area (Å²) in [5.41, 5.74) is 10.6. The maximum absolute atomic E-state index is 5.83. The van der Waals surface area contributed by atoms with Gasteiger partial charge in [0.05, 0.1) is 11.4 Å². The van der Waals surface area contributed by atoms with Gasteiger partial charge in [0.15, 0.2) is 0 Å². The Kier molecular flexibility index (Phi) is 7.27. The molecule has 0 unspecified atom stereocenters. The van der Waals surface area contributed by atoms with Crippen molar-refractivity contribution in [2.24, 2.45) is 5.73 Å². The van der Waals surface area contributed by atoms with Crippen LogP contribution in [0.3, 0.4) is 0 Å². The molecule has 0 bridgehead atoms. The number of unbranched alkanes of at least 4 members (excludes halogenated alkanes) is 4. The average Bonchev–Trinajstić information content (AvgIpc) is 2.96. The third kappa shape index (κ3) is 5.47. The second-order valence-electron chi connectivity index (χ2n) is 6.31. The monoisotopic (exact) mass is 314 g/mol. The van der Waals surface area contributed by atoms with Crippen molar-refractivity contribution >= 4 is 0 Å². The summed E-state index contributed by atoms with van der Waals surface area (Å²) in [6.07, 6.45) is 8.32. The van der Waals surface area contributed by atoms with Gasteiger partial charge in [0.25, 0.3) is 0 Å². The normalized spacial score (nSPS) is 11.1. The standard InChI is InChI=1S/C19H30N4/c1-3-4-5-6-7-14-23-19(18(15-20)21-22-23)13-12-17-10-8-16(2)9-11-17/h8-11H,3-7,12-15,20H2,1-2H3. The molecule has 0 atom stereocenters. The molecule has 2 N–H and O–H groups in total. The summed E-state index contributed by atoms with van der Waals surface area (Å²) in [6, 6.07) is 8.75. The quantitative estimate of drug-likeness (QED) is 0.679. The maximum Gasteiger partial charge on any atom is 0.0994 e. The van der Waals surface area contributed by atoms with Crippen molar-refractivity contribution in [3.05, 3.63) is 46.8 Å². The summed E-state index contributed by atoms with van der Waals surface area (Å²) in [5.74, 6) is 0. The van der Waals surface area contributed by atoms with Crippen LogP contribution in [0.5, 0.6) is 0 Å². The van der Waals surface area contributed by atoms with E-state index >= 15 is 0 Å². The van der Waals surface area contributed by atoms with E-state index in [9.17, 15) is 0 Å². The number of aryl methyl sites for hydroxylation is 3. The summed E-state index contributed by atoms with van der Waals surface area (Å²) in [7, 11) is 0. The number of nitrogens with two attached hydrogens (primary N) is 1. The molecule has 0 saturated carbocycles. The molecule has 1 aromatic heterocycles. The van der Waals surface area contributed by atoms with Crippen LogP contribution in [-0.4, -0.2) is 15.0 Å². The fourth-order valence-electron chi connectivity index (χ4n) is 2.86. The van der Waals surface area contributed by atoms with E-state index in [0.29, 0.717) is 6.54 Å². The fraction of sp³-hybridized carbons (Fsp3) is 0.579. The molecule has 0 spiro atoms. The highest BCUT2D eigenvalue weighted by atomic mass is 15.4. The Labute approximate surface area is 140 Å². The Hall–Kier alpha value is -1.68. The van der Waals surface area contributed by atoms with Gasteiger partial charge < -0.3 is 5.73 Å². The molecule has 4 heteroatoms. The molecule has 1 heterocycles. The van der Waals surface area contributed by atoms with Gasteiger partial charge >= 0.3 is 0 Å². The van der Waals surface area contributed by atoms with Gasteiger partial charge in [0.2, 0.25) is 0 Å². The van der Waals surface area contributed by atoms with E-state index < -0.39 is 0 Å². The number of aromatic nitrogens is 3. The molecule has 0 amide bonds. The first-order valence-electron chi connectivity index (χ1n) is 8.91. The third-order valence-electron chi connectivity index (χ3n) is 4.36. The number of hydrogen-bond acceptors (Lipinski definition) is 3. The Bertz CT molecular complexity index is 572. The van der Waals surface area contributed by atoms with Gasteiger partial charge in [0, 0.05) is 13.1 Å². The second-order valence-corrected chi connectivity index (χ2v) is 6.31. The van der Waals surface area contributed by atoms with E-state index in [1.807, 2.05) is 0 Å². The van der Waals surface area contributed by atoms with E-state index in [-0.39, 0.29) is 0 Å². The molecule has 2 rings (SSSR count). The highest BCUT2D eigenvalue weighted by molar-refractivity contribution is 5.22. The van der Waals surface area contributed by atoms with Crippen LogP contribution in [0, 0.1) is 6.92 Å².